The predicted octanol–water partition coefficient (Wildman–Crippen LogP) is 1.55. The zero-order chi connectivity index (χ0) is 11.7. The minimum Gasteiger partial charge on any atom is -0.481 e. The van der Waals surface area contributed by atoms with Crippen LogP contribution in [-0.2, 0) is 4.79 Å². The number of hydrogen-bond donors (Lipinski definition) is 1. The fourth-order valence-corrected chi connectivity index (χ4v) is 1.87. The Hall–Kier alpha value is -1.91. The van der Waals surface area contributed by atoms with E-state index in [4.69, 9.17) is 0 Å². The van der Waals surface area contributed by atoms with Crippen LogP contribution in [0.5, 0.6) is 0 Å². The maximum atomic E-state index is 11.2. The lowest BCUT2D eigenvalue weighted by atomic mass is 9.93. The molecule has 0 aromatic carbocycles. The van der Waals surface area contributed by atoms with Crippen LogP contribution in [0.25, 0.3) is 5.52 Å². The van der Waals surface area contributed by atoms with Gasteiger partial charge < -0.3 is 5.11 Å². The van der Waals surface area contributed by atoms with Gasteiger partial charge in [0.05, 0.1) is 17.4 Å². The molecule has 2 aromatic heterocycles. The number of rotatable bonds is 3. The Morgan fingerprint density at radius 1 is 1.44 bits per heavy atom. The number of fused-ring (bicyclic) bond motifs is 1. The molecular weight excluding hydrogens is 206 g/mol. The van der Waals surface area contributed by atoms with Gasteiger partial charge in [0.15, 0.2) is 0 Å². The highest BCUT2D eigenvalue weighted by atomic mass is 16.4. The van der Waals surface area contributed by atoms with Gasteiger partial charge in [-0.25, -0.2) is 9.50 Å². The van der Waals surface area contributed by atoms with Crippen molar-refractivity contribution in [3.8, 4) is 0 Å². The van der Waals surface area contributed by atoms with Gasteiger partial charge in [0.25, 0.3) is 0 Å². The molecule has 0 saturated carbocycles. The van der Waals surface area contributed by atoms with Crippen molar-refractivity contribution in [1.29, 1.82) is 0 Å². The third-order valence-corrected chi connectivity index (χ3v) is 2.61. The third-order valence-electron chi connectivity index (χ3n) is 2.61. The summed E-state index contributed by atoms with van der Waals surface area (Å²) in [6.07, 6.45) is 3.07. The monoisotopic (exact) mass is 219 g/mol. The number of hydrogen-bond acceptors (Lipinski definition) is 3. The van der Waals surface area contributed by atoms with Gasteiger partial charge in [0, 0.05) is 0 Å². The van der Waals surface area contributed by atoms with Gasteiger partial charge in [0.1, 0.15) is 12.2 Å². The highest BCUT2D eigenvalue weighted by molar-refractivity contribution is 5.76. The Kier molecular flexibility index (Phi) is 2.60. The van der Waals surface area contributed by atoms with E-state index in [-0.39, 0.29) is 5.92 Å². The highest BCUT2D eigenvalue weighted by Crippen LogP contribution is 2.25. The summed E-state index contributed by atoms with van der Waals surface area (Å²) in [6, 6.07) is 3.62. The molecule has 1 atom stereocenters. The van der Waals surface area contributed by atoms with Crippen LogP contribution in [0, 0.1) is 5.92 Å². The van der Waals surface area contributed by atoms with Gasteiger partial charge in [-0.05, 0) is 18.1 Å². The number of aromatic nitrogens is 3. The highest BCUT2D eigenvalue weighted by Gasteiger charge is 2.26. The molecule has 2 rings (SSSR count). The summed E-state index contributed by atoms with van der Waals surface area (Å²) < 4.78 is 1.63. The lowest BCUT2D eigenvalue weighted by Gasteiger charge is -2.15. The number of carbonyl (C=O) groups is 1. The zero-order valence-electron chi connectivity index (χ0n) is 9.16. The molecule has 5 nitrogen and oxygen atoms in total. The molecule has 1 unspecified atom stereocenters. The molecule has 84 valence electrons. The van der Waals surface area contributed by atoms with Crippen LogP contribution in [-0.4, -0.2) is 25.7 Å². The van der Waals surface area contributed by atoms with Crippen molar-refractivity contribution in [1.82, 2.24) is 14.6 Å². The molecule has 0 spiro atoms. The van der Waals surface area contributed by atoms with E-state index in [1.165, 1.54) is 6.33 Å². The Morgan fingerprint density at radius 3 is 2.81 bits per heavy atom. The first-order chi connectivity index (χ1) is 7.61. The fourth-order valence-electron chi connectivity index (χ4n) is 1.87. The predicted molar refractivity (Wildman–Crippen MR) is 58.2 cm³/mol. The average Bonchev–Trinajstić information content (AvgIpc) is 2.61. The van der Waals surface area contributed by atoms with Crippen molar-refractivity contribution < 1.29 is 9.90 Å². The lowest BCUT2D eigenvalue weighted by molar-refractivity contribution is -0.140. The average molecular weight is 219 g/mol. The molecule has 0 radical (unpaired) electrons. The summed E-state index contributed by atoms with van der Waals surface area (Å²) in [7, 11) is 0. The van der Waals surface area contributed by atoms with Crippen LogP contribution in [0.15, 0.2) is 24.7 Å². The fraction of sp³-hybridized carbons (Fsp3) is 0.364. The third kappa shape index (κ3) is 1.64. The van der Waals surface area contributed by atoms with Crippen LogP contribution in [0.1, 0.15) is 25.5 Å². The molecule has 0 aliphatic rings. The van der Waals surface area contributed by atoms with Gasteiger partial charge in [-0.1, -0.05) is 13.8 Å². The van der Waals surface area contributed by atoms with E-state index in [2.05, 4.69) is 10.1 Å². The first-order valence-electron chi connectivity index (χ1n) is 5.11. The van der Waals surface area contributed by atoms with Gasteiger partial charge in [-0.15, -0.1) is 0 Å². The zero-order valence-corrected chi connectivity index (χ0v) is 9.16. The normalized spacial score (nSPS) is 13.2. The number of nitrogens with zero attached hydrogens (tertiary/aromatic N) is 3. The molecule has 0 amide bonds. The van der Waals surface area contributed by atoms with Crippen molar-refractivity contribution in [2.24, 2.45) is 5.92 Å². The molecule has 16 heavy (non-hydrogen) atoms. The molecule has 0 aliphatic heterocycles. The molecule has 0 bridgehead atoms. The van der Waals surface area contributed by atoms with Gasteiger partial charge in [-0.3, -0.25) is 4.79 Å². The van der Waals surface area contributed by atoms with Crippen molar-refractivity contribution in [3.05, 3.63) is 30.4 Å². The van der Waals surface area contributed by atoms with E-state index in [9.17, 15) is 9.90 Å². The van der Waals surface area contributed by atoms with Gasteiger partial charge >= 0.3 is 5.97 Å². The molecular formula is C11H13N3O2. The van der Waals surface area contributed by atoms with E-state index < -0.39 is 11.9 Å². The summed E-state index contributed by atoms with van der Waals surface area (Å²) in [5.74, 6) is -1.35. The van der Waals surface area contributed by atoms with E-state index in [0.29, 0.717) is 5.69 Å². The SMILES string of the molecule is CC(C)C(C(=O)O)c1ccc2cncnn12. The van der Waals surface area contributed by atoms with E-state index in [1.54, 1.807) is 16.8 Å². The Labute approximate surface area is 92.7 Å². The van der Waals surface area contributed by atoms with E-state index >= 15 is 0 Å². The van der Waals surface area contributed by atoms with Crippen LogP contribution in [0.3, 0.4) is 0 Å². The topological polar surface area (TPSA) is 67.5 Å². The van der Waals surface area contributed by atoms with Gasteiger partial charge in [0.2, 0.25) is 0 Å². The van der Waals surface area contributed by atoms with Crippen LogP contribution in [0.4, 0.5) is 0 Å². The van der Waals surface area contributed by atoms with E-state index in [0.717, 1.165) is 5.52 Å². The largest absolute Gasteiger partial charge is 0.481 e. The molecule has 2 aromatic rings. The standard InChI is InChI=1S/C11H13N3O2/c1-7(2)10(11(15)16)9-4-3-8-5-12-6-13-14(8)9/h3-7,10H,1-2H3,(H,15,16). The molecule has 0 fully saturated rings. The summed E-state index contributed by atoms with van der Waals surface area (Å²) in [4.78, 5) is 15.1. The molecule has 0 saturated heterocycles. The smallest absolute Gasteiger partial charge is 0.312 e. The van der Waals surface area contributed by atoms with Crippen LogP contribution < -0.4 is 0 Å². The summed E-state index contributed by atoms with van der Waals surface area (Å²) in [5.41, 5.74) is 1.50. The lowest BCUT2D eigenvalue weighted by Crippen LogP contribution is -2.19. The Bertz CT molecular complexity index is 519. The number of carboxylic acids is 1. The summed E-state index contributed by atoms with van der Waals surface area (Å²) in [5, 5.41) is 13.3. The number of aliphatic carboxylic acids is 1. The van der Waals surface area contributed by atoms with Crippen molar-refractivity contribution in [2.45, 2.75) is 19.8 Å². The first-order valence-corrected chi connectivity index (χ1v) is 5.11. The molecule has 1 N–H and O–H groups in total. The molecule has 0 aliphatic carbocycles. The number of carboxylic acid groups (broad SMARTS) is 1. The summed E-state index contributed by atoms with van der Waals surface area (Å²) >= 11 is 0. The van der Waals surface area contributed by atoms with Crippen LogP contribution in [0.2, 0.25) is 0 Å². The van der Waals surface area contributed by atoms with E-state index in [1.807, 2.05) is 19.9 Å². The second kappa shape index (κ2) is 3.92. The Morgan fingerprint density at radius 2 is 2.19 bits per heavy atom. The molecule has 2 heterocycles. The van der Waals surface area contributed by atoms with Crippen LogP contribution >= 0.6 is 0 Å². The first kappa shape index (κ1) is 10.6. The quantitative estimate of drug-likeness (QED) is 0.850. The molecule has 5 heteroatoms. The van der Waals surface area contributed by atoms with Gasteiger partial charge in [-0.2, -0.15) is 5.10 Å². The maximum Gasteiger partial charge on any atom is 0.312 e. The van der Waals surface area contributed by atoms with Crippen molar-refractivity contribution in [2.75, 3.05) is 0 Å². The second-order valence-electron chi connectivity index (χ2n) is 4.06. The maximum absolute atomic E-state index is 11.2. The van der Waals surface area contributed by atoms with Crippen molar-refractivity contribution in [3.63, 3.8) is 0 Å². The summed E-state index contributed by atoms with van der Waals surface area (Å²) in [6.45, 7) is 3.78. The second-order valence-corrected chi connectivity index (χ2v) is 4.06. The Balaban J connectivity index is 2.57. The minimum absolute atomic E-state index is 0.0190. The van der Waals surface area contributed by atoms with Crippen molar-refractivity contribution >= 4 is 11.5 Å². The minimum atomic E-state index is -0.825.